The smallest absolute Gasteiger partial charge is 0.364 e. The molecule has 1 spiro atoms. The number of anilines is 2. The molecule has 2 saturated heterocycles. The van der Waals surface area contributed by atoms with E-state index in [1.165, 1.54) is 18.2 Å². The van der Waals surface area contributed by atoms with E-state index in [0.717, 1.165) is 12.1 Å². The van der Waals surface area contributed by atoms with E-state index in [1.807, 2.05) is 16.7 Å². The molecule has 4 amide bonds. The second kappa shape index (κ2) is 8.54. The molecule has 3 aliphatic heterocycles. The highest BCUT2D eigenvalue weighted by molar-refractivity contribution is 6.30. The molecule has 2 fully saturated rings. The Morgan fingerprint density at radius 3 is 2.57 bits per heavy atom. The van der Waals surface area contributed by atoms with Crippen LogP contribution >= 0.6 is 0 Å². The summed E-state index contributed by atoms with van der Waals surface area (Å²) < 4.78 is 40.2. The molecule has 0 bridgehead atoms. The van der Waals surface area contributed by atoms with Crippen LogP contribution in [0.5, 0.6) is 0 Å². The van der Waals surface area contributed by atoms with Crippen LogP contribution in [0.4, 0.5) is 35.0 Å². The van der Waals surface area contributed by atoms with Gasteiger partial charge in [-0.2, -0.15) is 13.2 Å². The minimum atomic E-state index is -4.72. The van der Waals surface area contributed by atoms with Gasteiger partial charge in [-0.05, 0) is 36.4 Å². The number of barbiturate groups is 1. The number of carbonyl (C=O) groups is 3. The van der Waals surface area contributed by atoms with Crippen LogP contribution in [0.3, 0.4) is 0 Å². The third-order valence-electron chi connectivity index (χ3n) is 7.38. The normalized spacial score (nSPS) is 24.1. The number of piperazine rings is 1. The number of hydrogen-bond donors (Lipinski definition) is 1. The topological polar surface area (TPSA) is 116 Å². The van der Waals surface area contributed by atoms with Crippen LogP contribution in [-0.4, -0.2) is 59.9 Å². The van der Waals surface area contributed by atoms with Crippen LogP contribution in [-0.2, 0) is 22.2 Å². The van der Waals surface area contributed by atoms with Crippen molar-refractivity contribution in [2.45, 2.75) is 25.6 Å². The minimum absolute atomic E-state index is 0.228. The third-order valence-corrected chi connectivity index (χ3v) is 7.38. The zero-order valence-electron chi connectivity index (χ0n) is 19.6. The number of non-ortho nitro benzene ring substituents is 1. The summed E-state index contributed by atoms with van der Waals surface area (Å²) in [5.41, 5.74) is -2.51. The SMILES string of the molecule is CCN1CCN2c3ccc([N+](=O)[O-])cc3C[C@@]3(C(=O)NC(=O)N(c4cccc(C(F)(F)F)c4)C3=O)[C@H]2C1. The number of halogens is 3. The van der Waals surface area contributed by atoms with E-state index in [4.69, 9.17) is 0 Å². The molecule has 10 nitrogen and oxygen atoms in total. The highest BCUT2D eigenvalue weighted by Gasteiger charge is 2.63. The second-order valence-electron chi connectivity index (χ2n) is 9.27. The molecule has 0 saturated carbocycles. The van der Waals surface area contributed by atoms with E-state index in [2.05, 4.69) is 5.32 Å². The van der Waals surface area contributed by atoms with Crippen LogP contribution in [0.25, 0.3) is 0 Å². The first-order valence-corrected chi connectivity index (χ1v) is 11.6. The molecule has 13 heteroatoms. The highest BCUT2D eigenvalue weighted by Crippen LogP contribution is 2.47. The van der Waals surface area contributed by atoms with Gasteiger partial charge in [-0.25, -0.2) is 9.69 Å². The number of nitrogens with one attached hydrogen (secondary N) is 1. The van der Waals surface area contributed by atoms with Gasteiger partial charge in [-0.3, -0.25) is 29.9 Å². The molecule has 2 atom stereocenters. The molecule has 5 rings (SSSR count). The van der Waals surface area contributed by atoms with Gasteiger partial charge in [-0.1, -0.05) is 13.0 Å². The maximum atomic E-state index is 14.1. The summed E-state index contributed by atoms with van der Waals surface area (Å²) in [4.78, 5) is 55.8. The highest BCUT2D eigenvalue weighted by atomic mass is 19.4. The molecule has 0 unspecified atom stereocenters. The number of likely N-dealkylation sites (N-methyl/N-ethyl adjacent to an activating group) is 1. The zero-order chi connectivity index (χ0) is 26.7. The molecule has 37 heavy (non-hydrogen) atoms. The Morgan fingerprint density at radius 1 is 1.14 bits per heavy atom. The summed E-state index contributed by atoms with van der Waals surface area (Å²) in [6, 6.07) is 6.07. The van der Waals surface area contributed by atoms with Gasteiger partial charge < -0.3 is 4.90 Å². The van der Waals surface area contributed by atoms with Gasteiger partial charge in [0.05, 0.1) is 22.2 Å². The number of imide groups is 2. The predicted octanol–water partition coefficient (Wildman–Crippen LogP) is 2.95. The van der Waals surface area contributed by atoms with Crippen LogP contribution in [0.15, 0.2) is 42.5 Å². The number of rotatable bonds is 3. The van der Waals surface area contributed by atoms with Crippen LogP contribution in [0.2, 0.25) is 0 Å². The molecule has 0 aromatic heterocycles. The summed E-state index contributed by atoms with van der Waals surface area (Å²) in [5, 5.41) is 13.6. The van der Waals surface area contributed by atoms with Crippen LogP contribution < -0.4 is 15.1 Å². The van der Waals surface area contributed by atoms with Gasteiger partial charge in [0, 0.05) is 43.9 Å². The first kappa shape index (κ1) is 24.7. The van der Waals surface area contributed by atoms with E-state index < -0.39 is 46.0 Å². The Morgan fingerprint density at radius 2 is 1.89 bits per heavy atom. The zero-order valence-corrected chi connectivity index (χ0v) is 19.6. The Balaban J connectivity index is 1.67. The fraction of sp³-hybridized carbons (Fsp3) is 0.375. The molecule has 0 radical (unpaired) electrons. The quantitative estimate of drug-likeness (QED) is 0.378. The van der Waals surface area contributed by atoms with E-state index in [-0.39, 0.29) is 24.3 Å². The average molecular weight is 517 g/mol. The van der Waals surface area contributed by atoms with Crippen molar-refractivity contribution in [2.75, 3.05) is 36.0 Å². The Bertz CT molecular complexity index is 1330. The number of nitro benzene ring substituents is 1. The number of nitro groups is 1. The van der Waals surface area contributed by atoms with Crippen molar-refractivity contribution in [1.29, 1.82) is 0 Å². The van der Waals surface area contributed by atoms with Gasteiger partial charge >= 0.3 is 12.2 Å². The number of urea groups is 1. The summed E-state index contributed by atoms with van der Waals surface area (Å²) in [6.45, 7) is 3.83. The average Bonchev–Trinajstić information content (AvgIpc) is 2.86. The molecule has 0 aliphatic carbocycles. The van der Waals surface area contributed by atoms with E-state index >= 15 is 0 Å². The lowest BCUT2D eigenvalue weighted by molar-refractivity contribution is -0.384. The Labute approximate surface area is 208 Å². The summed E-state index contributed by atoms with van der Waals surface area (Å²) in [7, 11) is 0. The first-order chi connectivity index (χ1) is 17.5. The number of benzene rings is 2. The molecular weight excluding hydrogens is 495 g/mol. The predicted molar refractivity (Wildman–Crippen MR) is 125 cm³/mol. The van der Waals surface area contributed by atoms with Crippen molar-refractivity contribution in [2.24, 2.45) is 5.41 Å². The molecule has 194 valence electrons. The molecule has 3 aliphatic rings. The summed E-state index contributed by atoms with van der Waals surface area (Å²) >= 11 is 0. The van der Waals surface area contributed by atoms with Gasteiger partial charge in [0.2, 0.25) is 5.91 Å². The summed E-state index contributed by atoms with van der Waals surface area (Å²) in [5.74, 6) is -1.85. The first-order valence-electron chi connectivity index (χ1n) is 11.6. The van der Waals surface area contributed by atoms with Crippen molar-refractivity contribution in [3.63, 3.8) is 0 Å². The molecular formula is C24H22F3N5O5. The van der Waals surface area contributed by atoms with Gasteiger partial charge in [-0.15, -0.1) is 0 Å². The number of nitrogens with zero attached hydrogens (tertiary/aromatic N) is 4. The fourth-order valence-electron chi connectivity index (χ4n) is 5.52. The number of amides is 4. The minimum Gasteiger partial charge on any atom is -0.364 e. The van der Waals surface area contributed by atoms with Crippen molar-refractivity contribution >= 4 is 34.9 Å². The molecule has 2 aromatic rings. The Hall–Kier alpha value is -4.00. The monoisotopic (exact) mass is 517 g/mol. The number of hydrogen-bond acceptors (Lipinski definition) is 7. The maximum absolute atomic E-state index is 14.1. The van der Waals surface area contributed by atoms with E-state index in [1.54, 1.807) is 6.07 Å². The van der Waals surface area contributed by atoms with Crippen LogP contribution in [0.1, 0.15) is 18.1 Å². The molecule has 2 aromatic carbocycles. The molecule has 1 N–H and O–H groups in total. The number of fused-ring (bicyclic) bond motifs is 4. The van der Waals surface area contributed by atoms with Crippen molar-refractivity contribution in [3.05, 3.63) is 63.7 Å². The largest absolute Gasteiger partial charge is 0.416 e. The lowest BCUT2D eigenvalue weighted by Gasteiger charge is -2.55. The maximum Gasteiger partial charge on any atom is 0.416 e. The standard InChI is InChI=1S/C24H22F3N5O5/c1-2-29-8-9-30-18-7-6-17(32(36)37)10-14(18)12-23(19(30)13-29)20(33)28-22(35)31(21(23)34)16-5-3-4-15(11-16)24(25,26)27/h3-7,10-11,19H,2,8-9,12-13H2,1H3,(H,28,33,35)/t19-,23+/m1/s1. The fourth-order valence-corrected chi connectivity index (χ4v) is 5.52. The van der Waals surface area contributed by atoms with E-state index in [0.29, 0.717) is 41.9 Å². The van der Waals surface area contributed by atoms with Crippen molar-refractivity contribution < 1.29 is 32.5 Å². The second-order valence-corrected chi connectivity index (χ2v) is 9.27. The lowest BCUT2D eigenvalue weighted by Crippen LogP contribution is -2.75. The number of alkyl halides is 3. The number of carbonyl (C=O) groups excluding carboxylic acids is 3. The molecule has 3 heterocycles. The Kier molecular flexibility index (Phi) is 5.70. The summed E-state index contributed by atoms with van der Waals surface area (Å²) in [6.07, 6.45) is -4.97. The van der Waals surface area contributed by atoms with Gasteiger partial charge in [0.25, 0.3) is 11.6 Å². The van der Waals surface area contributed by atoms with Crippen molar-refractivity contribution in [3.8, 4) is 0 Å². The lowest BCUT2D eigenvalue weighted by atomic mass is 9.67. The van der Waals surface area contributed by atoms with E-state index in [9.17, 15) is 37.7 Å². The van der Waals surface area contributed by atoms with Gasteiger partial charge in [0.15, 0.2) is 5.41 Å². The van der Waals surface area contributed by atoms with Crippen molar-refractivity contribution in [1.82, 2.24) is 10.2 Å². The third kappa shape index (κ3) is 3.80. The van der Waals surface area contributed by atoms with Crippen LogP contribution in [0, 0.1) is 15.5 Å². The van der Waals surface area contributed by atoms with Gasteiger partial charge in [0.1, 0.15) is 0 Å².